The summed E-state index contributed by atoms with van der Waals surface area (Å²) in [5.41, 5.74) is 2.94. The lowest BCUT2D eigenvalue weighted by Crippen LogP contribution is -2.35. The van der Waals surface area contributed by atoms with Crippen LogP contribution in [0.4, 0.5) is 4.79 Å². The number of aromatic nitrogens is 1. The van der Waals surface area contributed by atoms with E-state index in [0.29, 0.717) is 30.3 Å². The molecule has 2 heterocycles. The van der Waals surface area contributed by atoms with E-state index in [2.05, 4.69) is 0 Å². The topological polar surface area (TPSA) is 78.0 Å². The van der Waals surface area contributed by atoms with Crippen LogP contribution in [0.1, 0.15) is 69.7 Å². The summed E-state index contributed by atoms with van der Waals surface area (Å²) in [5.74, 6) is 0.0221. The number of hydrogen-bond acceptors (Lipinski definition) is 6. The van der Waals surface area contributed by atoms with E-state index in [4.69, 9.17) is 30.8 Å². The van der Waals surface area contributed by atoms with Gasteiger partial charge in [0.1, 0.15) is 11.4 Å². The Balaban J connectivity index is 1.78. The largest absolute Gasteiger partial charge is 0.495 e. The van der Waals surface area contributed by atoms with E-state index in [1.54, 1.807) is 25.1 Å². The molecule has 0 unspecified atom stereocenters. The van der Waals surface area contributed by atoms with Gasteiger partial charge in [-0.05, 0) is 58.2 Å². The van der Waals surface area contributed by atoms with Gasteiger partial charge in [0.25, 0.3) is 0 Å². The van der Waals surface area contributed by atoms with Crippen molar-refractivity contribution in [1.29, 1.82) is 0 Å². The summed E-state index contributed by atoms with van der Waals surface area (Å²) in [6, 6.07) is 1.67. The van der Waals surface area contributed by atoms with Crippen molar-refractivity contribution >= 4 is 34.6 Å². The molecular formula is C24H29ClN2O5. The SMILES string of the molecule is CCOC(=O)[C@@H]1C[C@H]1c1c(Cl)c(OC)cc2c3c(cnc12)CN(C(=O)OC(C)(C)C)[C@H]3C. The maximum Gasteiger partial charge on any atom is 0.411 e. The highest BCUT2D eigenvalue weighted by Crippen LogP contribution is 2.55. The van der Waals surface area contributed by atoms with Crippen LogP contribution in [-0.2, 0) is 20.8 Å². The molecule has 1 aliphatic carbocycles. The zero-order chi connectivity index (χ0) is 23.4. The van der Waals surface area contributed by atoms with Crippen molar-refractivity contribution in [2.45, 2.75) is 65.1 Å². The number of fused-ring (bicyclic) bond motifs is 3. The van der Waals surface area contributed by atoms with Gasteiger partial charge in [-0.1, -0.05) is 11.6 Å². The second-order valence-electron chi connectivity index (χ2n) is 9.38. The minimum atomic E-state index is -0.579. The molecule has 32 heavy (non-hydrogen) atoms. The lowest BCUT2D eigenvalue weighted by atomic mass is 9.96. The average molecular weight is 461 g/mol. The number of amides is 1. The van der Waals surface area contributed by atoms with E-state index in [0.717, 1.165) is 27.6 Å². The van der Waals surface area contributed by atoms with Gasteiger partial charge in [-0.25, -0.2) is 4.79 Å². The van der Waals surface area contributed by atoms with E-state index in [9.17, 15) is 9.59 Å². The molecule has 0 saturated heterocycles. The van der Waals surface area contributed by atoms with Crippen LogP contribution < -0.4 is 4.74 Å². The number of nitrogens with zero attached hydrogens (tertiary/aromatic N) is 2. The van der Waals surface area contributed by atoms with E-state index in [1.165, 1.54) is 0 Å². The maximum atomic E-state index is 12.8. The summed E-state index contributed by atoms with van der Waals surface area (Å²) in [4.78, 5) is 31.5. The number of halogens is 1. The minimum Gasteiger partial charge on any atom is -0.495 e. The van der Waals surface area contributed by atoms with Crippen molar-refractivity contribution in [3.05, 3.63) is 34.0 Å². The zero-order valence-corrected chi connectivity index (χ0v) is 20.1. The number of esters is 1. The molecule has 1 aliphatic heterocycles. The molecule has 2 aromatic rings. The summed E-state index contributed by atoms with van der Waals surface area (Å²) in [6.07, 6.45) is 2.10. The van der Waals surface area contributed by atoms with Crippen LogP contribution in [-0.4, -0.2) is 41.3 Å². The van der Waals surface area contributed by atoms with Crippen molar-refractivity contribution in [3.8, 4) is 5.75 Å². The molecule has 2 aliphatic rings. The maximum absolute atomic E-state index is 12.8. The van der Waals surface area contributed by atoms with Crippen molar-refractivity contribution in [2.75, 3.05) is 13.7 Å². The minimum absolute atomic E-state index is 0.0663. The summed E-state index contributed by atoms with van der Waals surface area (Å²) in [6.45, 7) is 10.1. The molecule has 3 atom stereocenters. The molecule has 0 N–H and O–H groups in total. The van der Waals surface area contributed by atoms with Crippen molar-refractivity contribution < 1.29 is 23.8 Å². The molecular weight excluding hydrogens is 432 g/mol. The Morgan fingerprint density at radius 3 is 2.62 bits per heavy atom. The Morgan fingerprint density at radius 1 is 1.28 bits per heavy atom. The van der Waals surface area contributed by atoms with E-state index < -0.39 is 5.60 Å². The molecule has 0 spiro atoms. The normalized spacial score (nSPS) is 22.0. The number of ether oxygens (including phenoxy) is 3. The van der Waals surface area contributed by atoms with Gasteiger partial charge >= 0.3 is 12.1 Å². The molecule has 172 valence electrons. The number of benzene rings is 1. The third-order valence-electron chi connectivity index (χ3n) is 6.05. The predicted octanol–water partition coefficient (Wildman–Crippen LogP) is 5.38. The van der Waals surface area contributed by atoms with Crippen molar-refractivity contribution in [2.24, 2.45) is 5.92 Å². The molecule has 0 radical (unpaired) electrons. The van der Waals surface area contributed by atoms with Gasteiger partial charge < -0.3 is 14.2 Å². The quantitative estimate of drug-likeness (QED) is 0.570. The van der Waals surface area contributed by atoms with E-state index in [1.807, 2.05) is 33.8 Å². The van der Waals surface area contributed by atoms with Gasteiger partial charge in [-0.2, -0.15) is 0 Å². The second-order valence-corrected chi connectivity index (χ2v) is 9.76. The number of rotatable bonds is 4. The molecule has 1 aromatic heterocycles. The Hall–Kier alpha value is -2.54. The van der Waals surface area contributed by atoms with Crippen LogP contribution in [0.3, 0.4) is 0 Å². The highest BCUT2D eigenvalue weighted by Gasteiger charge is 2.48. The third-order valence-corrected chi connectivity index (χ3v) is 6.44. The van der Waals surface area contributed by atoms with Gasteiger partial charge in [-0.15, -0.1) is 0 Å². The lowest BCUT2D eigenvalue weighted by molar-refractivity contribution is -0.144. The highest BCUT2D eigenvalue weighted by molar-refractivity contribution is 6.34. The van der Waals surface area contributed by atoms with Crippen LogP contribution in [0.15, 0.2) is 12.3 Å². The fraction of sp³-hybridized carbons (Fsp3) is 0.542. The number of methoxy groups -OCH3 is 1. The van der Waals surface area contributed by atoms with Crippen molar-refractivity contribution in [1.82, 2.24) is 9.88 Å². The van der Waals surface area contributed by atoms with Crippen LogP contribution in [0, 0.1) is 5.92 Å². The predicted molar refractivity (Wildman–Crippen MR) is 121 cm³/mol. The van der Waals surface area contributed by atoms with Crippen LogP contribution in [0.2, 0.25) is 5.02 Å². The molecule has 8 heteroatoms. The molecule has 4 rings (SSSR count). The van der Waals surface area contributed by atoms with Crippen LogP contribution >= 0.6 is 11.6 Å². The summed E-state index contributed by atoms with van der Waals surface area (Å²) in [7, 11) is 1.57. The molecule has 0 bridgehead atoms. The number of carbonyl (C=O) groups excluding carboxylic acids is 2. The molecule has 7 nitrogen and oxygen atoms in total. The first kappa shape index (κ1) is 22.6. The molecule has 1 saturated carbocycles. The van der Waals surface area contributed by atoms with E-state index in [-0.39, 0.29) is 29.9 Å². The van der Waals surface area contributed by atoms with Crippen molar-refractivity contribution in [3.63, 3.8) is 0 Å². The van der Waals surface area contributed by atoms with Crippen LogP contribution in [0.5, 0.6) is 5.75 Å². The molecule has 1 fully saturated rings. The van der Waals surface area contributed by atoms with Gasteiger partial charge in [0.2, 0.25) is 0 Å². The first-order valence-corrected chi connectivity index (χ1v) is 11.3. The Labute approximate surface area is 193 Å². The number of pyridine rings is 1. The number of hydrogen-bond donors (Lipinski definition) is 0. The summed E-state index contributed by atoms with van der Waals surface area (Å²) >= 11 is 6.71. The molecule has 1 aromatic carbocycles. The first-order chi connectivity index (χ1) is 15.1. The molecule has 1 amide bonds. The van der Waals surface area contributed by atoms with Gasteiger partial charge in [0.05, 0.1) is 42.8 Å². The van der Waals surface area contributed by atoms with E-state index >= 15 is 0 Å². The van der Waals surface area contributed by atoms with Gasteiger partial charge in [0, 0.05) is 23.1 Å². The Bertz CT molecular complexity index is 1090. The van der Waals surface area contributed by atoms with Gasteiger partial charge in [0.15, 0.2) is 0 Å². The third kappa shape index (κ3) is 3.87. The smallest absolute Gasteiger partial charge is 0.411 e. The standard InChI is InChI=1S/C24H29ClN2O5/c1-7-31-22(28)15-8-14(15)19-20(25)17(30-6)9-16-18-12(2)27(23(29)32-24(3,4)5)11-13(18)10-26-21(16)19/h9-10,12,14-15H,7-8,11H2,1-6H3/t12-,14+,15+/m0/s1. The summed E-state index contributed by atoms with van der Waals surface area (Å²) < 4.78 is 16.4. The monoisotopic (exact) mass is 460 g/mol. The number of carbonyl (C=O) groups is 2. The first-order valence-electron chi connectivity index (χ1n) is 10.9. The fourth-order valence-corrected chi connectivity index (χ4v) is 4.88. The Morgan fingerprint density at radius 2 is 2.00 bits per heavy atom. The lowest BCUT2D eigenvalue weighted by Gasteiger charge is -2.27. The fourth-order valence-electron chi connectivity index (χ4n) is 4.52. The van der Waals surface area contributed by atoms with Crippen LogP contribution in [0.25, 0.3) is 10.9 Å². The second kappa shape index (κ2) is 8.10. The Kier molecular flexibility index (Phi) is 5.74. The van der Waals surface area contributed by atoms with Gasteiger partial charge in [-0.3, -0.25) is 14.7 Å². The highest BCUT2D eigenvalue weighted by atomic mass is 35.5. The average Bonchev–Trinajstić information content (AvgIpc) is 3.42. The zero-order valence-electron chi connectivity index (χ0n) is 19.3. The summed E-state index contributed by atoms with van der Waals surface area (Å²) in [5, 5.41) is 1.35.